The maximum Gasteiger partial charge on any atom is 0.225 e. The van der Waals surface area contributed by atoms with E-state index in [9.17, 15) is 9.18 Å². The zero-order chi connectivity index (χ0) is 16.1. The number of amides is 1. The lowest BCUT2D eigenvalue weighted by atomic mass is 10.2. The minimum atomic E-state index is -0.848. The molecule has 2 aromatic rings. The van der Waals surface area contributed by atoms with Gasteiger partial charge in [-0.1, -0.05) is 6.07 Å². The van der Waals surface area contributed by atoms with E-state index in [4.69, 9.17) is 0 Å². The minimum absolute atomic E-state index is 0.0116. The topological polar surface area (TPSA) is 58.1 Å². The van der Waals surface area contributed by atoms with Gasteiger partial charge in [0.2, 0.25) is 5.91 Å². The Kier molecular flexibility index (Phi) is 5.30. The number of likely N-dealkylation sites (tertiary alicyclic amines) is 1. The van der Waals surface area contributed by atoms with E-state index >= 15 is 0 Å². The van der Waals surface area contributed by atoms with Crippen LogP contribution in [0.15, 0.2) is 36.2 Å². The Morgan fingerprint density at radius 1 is 1.43 bits per heavy atom. The molecule has 122 valence electrons. The molecule has 1 aliphatic rings. The molecule has 3 rings (SSSR count). The van der Waals surface area contributed by atoms with Crippen molar-refractivity contribution in [3.63, 3.8) is 0 Å². The maximum atomic E-state index is 13.8. The molecule has 1 saturated heterocycles. The van der Waals surface area contributed by atoms with Crippen LogP contribution in [0, 0.1) is 0 Å². The summed E-state index contributed by atoms with van der Waals surface area (Å²) in [5, 5.41) is 4.88. The molecule has 23 heavy (non-hydrogen) atoms. The number of hydrogen-bond donors (Lipinski definition) is 1. The number of nitrogens with one attached hydrogen (secondary N) is 1. The van der Waals surface area contributed by atoms with Gasteiger partial charge in [0.1, 0.15) is 12.5 Å². The first-order chi connectivity index (χ1) is 11.2. The van der Waals surface area contributed by atoms with E-state index in [2.05, 4.69) is 20.2 Å². The van der Waals surface area contributed by atoms with Crippen molar-refractivity contribution in [2.24, 2.45) is 0 Å². The van der Waals surface area contributed by atoms with E-state index in [0.717, 1.165) is 10.4 Å². The molecule has 3 heterocycles. The van der Waals surface area contributed by atoms with Gasteiger partial charge in [-0.05, 0) is 17.9 Å². The van der Waals surface area contributed by atoms with E-state index in [-0.39, 0.29) is 11.9 Å². The summed E-state index contributed by atoms with van der Waals surface area (Å²) in [5.74, 6) is -0.0160. The Balaban J connectivity index is 1.52. The average Bonchev–Trinajstić information content (AvgIpc) is 3.16. The third-order valence-electron chi connectivity index (χ3n) is 3.93. The second-order valence-electron chi connectivity index (χ2n) is 5.72. The SMILES string of the molecule is O=C(Cc1cccs1)NC[C@@H]1C[C@H](F)CN1Cc1cncnc1. The molecule has 1 N–H and O–H groups in total. The second-order valence-corrected chi connectivity index (χ2v) is 6.76. The molecule has 0 aliphatic carbocycles. The Morgan fingerprint density at radius 2 is 2.26 bits per heavy atom. The van der Waals surface area contributed by atoms with Crippen LogP contribution in [-0.2, 0) is 17.8 Å². The Morgan fingerprint density at radius 3 is 3.00 bits per heavy atom. The van der Waals surface area contributed by atoms with Gasteiger partial charge in [0.15, 0.2) is 0 Å². The number of carbonyl (C=O) groups excluding carboxylic acids is 1. The predicted molar refractivity (Wildman–Crippen MR) is 86.8 cm³/mol. The van der Waals surface area contributed by atoms with Crippen molar-refractivity contribution in [2.45, 2.75) is 31.6 Å². The highest BCUT2D eigenvalue weighted by molar-refractivity contribution is 7.10. The minimum Gasteiger partial charge on any atom is -0.354 e. The van der Waals surface area contributed by atoms with Crippen LogP contribution in [0.4, 0.5) is 4.39 Å². The van der Waals surface area contributed by atoms with Crippen molar-refractivity contribution < 1.29 is 9.18 Å². The summed E-state index contributed by atoms with van der Waals surface area (Å²) in [5.41, 5.74) is 0.955. The standard InChI is InChI=1S/C16H19FN4OS/c17-13-4-14(8-20-16(22)5-15-2-1-3-23-15)21(10-13)9-12-6-18-11-19-7-12/h1-3,6-7,11,13-14H,4-5,8-10H2,(H,20,22)/t13-,14-/m0/s1. The summed E-state index contributed by atoms with van der Waals surface area (Å²) in [6, 6.07) is 3.89. The number of halogens is 1. The quantitative estimate of drug-likeness (QED) is 0.875. The smallest absolute Gasteiger partial charge is 0.225 e. The first-order valence-corrected chi connectivity index (χ1v) is 8.50. The summed E-state index contributed by atoms with van der Waals surface area (Å²) in [6.45, 7) is 1.46. The Bertz CT molecular complexity index is 622. The van der Waals surface area contributed by atoms with E-state index in [0.29, 0.717) is 32.5 Å². The fourth-order valence-corrected chi connectivity index (χ4v) is 3.54. The Labute approximate surface area is 138 Å². The van der Waals surface area contributed by atoms with Gasteiger partial charge in [0.25, 0.3) is 0 Å². The molecule has 0 aromatic carbocycles. The molecule has 1 fully saturated rings. The first-order valence-electron chi connectivity index (χ1n) is 7.62. The highest BCUT2D eigenvalue weighted by atomic mass is 32.1. The average molecular weight is 334 g/mol. The molecule has 7 heteroatoms. The van der Waals surface area contributed by atoms with Crippen molar-refractivity contribution in [1.82, 2.24) is 20.2 Å². The van der Waals surface area contributed by atoms with Crippen molar-refractivity contribution in [3.8, 4) is 0 Å². The van der Waals surface area contributed by atoms with E-state index in [1.807, 2.05) is 17.5 Å². The number of rotatable bonds is 6. The highest BCUT2D eigenvalue weighted by Gasteiger charge is 2.32. The molecule has 2 atom stereocenters. The van der Waals surface area contributed by atoms with Crippen LogP contribution in [0.1, 0.15) is 16.9 Å². The molecule has 5 nitrogen and oxygen atoms in total. The van der Waals surface area contributed by atoms with Gasteiger partial charge in [-0.3, -0.25) is 9.69 Å². The molecule has 0 spiro atoms. The normalized spacial score (nSPS) is 21.4. The Hall–Kier alpha value is -1.86. The summed E-state index contributed by atoms with van der Waals surface area (Å²) >= 11 is 1.57. The third kappa shape index (κ3) is 4.56. The molecule has 1 amide bonds. The number of carbonyl (C=O) groups is 1. The molecule has 2 aromatic heterocycles. The van der Waals surface area contributed by atoms with E-state index in [1.165, 1.54) is 6.33 Å². The lowest BCUT2D eigenvalue weighted by molar-refractivity contribution is -0.120. The van der Waals surface area contributed by atoms with Gasteiger partial charge < -0.3 is 5.32 Å². The van der Waals surface area contributed by atoms with E-state index in [1.54, 1.807) is 23.7 Å². The molecule has 1 aliphatic heterocycles. The lowest BCUT2D eigenvalue weighted by Gasteiger charge is -2.24. The van der Waals surface area contributed by atoms with Crippen molar-refractivity contribution >= 4 is 17.2 Å². The van der Waals surface area contributed by atoms with Crippen LogP contribution < -0.4 is 5.32 Å². The highest BCUT2D eigenvalue weighted by Crippen LogP contribution is 2.22. The van der Waals surface area contributed by atoms with Gasteiger partial charge in [0.05, 0.1) is 6.42 Å². The number of thiophene rings is 1. The molecule has 0 radical (unpaired) electrons. The molecule has 0 unspecified atom stereocenters. The van der Waals surface area contributed by atoms with Crippen molar-refractivity contribution in [2.75, 3.05) is 13.1 Å². The molecular formula is C16H19FN4OS. The second kappa shape index (κ2) is 7.61. The van der Waals surface area contributed by atoms with Gasteiger partial charge in [-0.25, -0.2) is 14.4 Å². The monoisotopic (exact) mass is 334 g/mol. The fourth-order valence-electron chi connectivity index (χ4n) is 2.84. The first kappa shape index (κ1) is 16.0. The zero-order valence-electron chi connectivity index (χ0n) is 12.7. The van der Waals surface area contributed by atoms with Gasteiger partial charge in [0, 0.05) is 48.5 Å². The van der Waals surface area contributed by atoms with Crippen LogP contribution >= 0.6 is 11.3 Å². The predicted octanol–water partition coefficient (Wildman–Crippen LogP) is 1.81. The third-order valence-corrected chi connectivity index (χ3v) is 4.80. The van der Waals surface area contributed by atoms with Crippen molar-refractivity contribution in [1.29, 1.82) is 0 Å². The zero-order valence-corrected chi connectivity index (χ0v) is 13.5. The fraction of sp³-hybridized carbons (Fsp3) is 0.438. The lowest BCUT2D eigenvalue weighted by Crippen LogP contribution is -2.40. The largest absolute Gasteiger partial charge is 0.354 e. The van der Waals surface area contributed by atoms with Crippen LogP contribution in [0.25, 0.3) is 0 Å². The number of hydrogen-bond acceptors (Lipinski definition) is 5. The molecular weight excluding hydrogens is 315 g/mol. The van der Waals surface area contributed by atoms with Gasteiger partial charge in [-0.2, -0.15) is 0 Å². The molecule has 0 saturated carbocycles. The number of alkyl halides is 1. The van der Waals surface area contributed by atoms with Crippen LogP contribution in [0.3, 0.4) is 0 Å². The summed E-state index contributed by atoms with van der Waals surface area (Å²) in [7, 11) is 0. The van der Waals surface area contributed by atoms with Gasteiger partial charge in [-0.15, -0.1) is 11.3 Å². The van der Waals surface area contributed by atoms with Crippen LogP contribution in [-0.4, -0.2) is 46.1 Å². The number of aromatic nitrogens is 2. The van der Waals surface area contributed by atoms with Crippen LogP contribution in [0.2, 0.25) is 0 Å². The summed E-state index contributed by atoms with van der Waals surface area (Å²) in [6.07, 6.45) is 4.95. The maximum absolute atomic E-state index is 13.8. The van der Waals surface area contributed by atoms with E-state index < -0.39 is 6.17 Å². The number of nitrogens with zero attached hydrogens (tertiary/aromatic N) is 3. The van der Waals surface area contributed by atoms with Crippen LogP contribution in [0.5, 0.6) is 0 Å². The molecule has 0 bridgehead atoms. The van der Waals surface area contributed by atoms with Crippen molar-refractivity contribution in [3.05, 3.63) is 46.7 Å². The van der Waals surface area contributed by atoms with Gasteiger partial charge >= 0.3 is 0 Å². The summed E-state index contributed by atoms with van der Waals surface area (Å²) in [4.78, 5) is 23.0. The summed E-state index contributed by atoms with van der Waals surface area (Å²) < 4.78 is 13.8.